The molecule has 86 valence electrons. The van der Waals surface area contributed by atoms with Gasteiger partial charge in [-0.25, -0.2) is 0 Å². The Morgan fingerprint density at radius 2 is 1.93 bits per heavy atom. The Labute approximate surface area is 87.6 Å². The highest BCUT2D eigenvalue weighted by molar-refractivity contribution is 4.76. The molecule has 3 heteroatoms. The smallest absolute Gasteiger partial charge is 0.0609 e. The molecule has 0 aliphatic heterocycles. The van der Waals surface area contributed by atoms with Crippen molar-refractivity contribution in [2.45, 2.75) is 52.2 Å². The molecule has 0 saturated carbocycles. The third kappa shape index (κ3) is 7.30. The quantitative estimate of drug-likeness (QED) is 0.660. The molecule has 0 fully saturated rings. The molecule has 0 bridgehead atoms. The van der Waals surface area contributed by atoms with Gasteiger partial charge in [0.2, 0.25) is 0 Å². The summed E-state index contributed by atoms with van der Waals surface area (Å²) >= 11 is 0. The standard InChI is InChI=1S/C11H25NO2/c1-9(2)7-10(3)14-6-5-11(4,12)8-13/h9-10,13H,5-8,12H2,1-4H3. The molecule has 0 aromatic rings. The van der Waals surface area contributed by atoms with Crippen LogP contribution in [0, 0.1) is 5.92 Å². The minimum absolute atomic E-state index is 0.00885. The monoisotopic (exact) mass is 203 g/mol. The predicted molar refractivity (Wildman–Crippen MR) is 59.2 cm³/mol. The van der Waals surface area contributed by atoms with Gasteiger partial charge in [0.15, 0.2) is 0 Å². The van der Waals surface area contributed by atoms with Crippen LogP contribution in [-0.2, 0) is 4.74 Å². The third-order valence-corrected chi connectivity index (χ3v) is 2.24. The van der Waals surface area contributed by atoms with E-state index >= 15 is 0 Å². The molecule has 0 radical (unpaired) electrons. The van der Waals surface area contributed by atoms with E-state index in [0.29, 0.717) is 18.9 Å². The lowest BCUT2D eigenvalue weighted by Gasteiger charge is -2.23. The summed E-state index contributed by atoms with van der Waals surface area (Å²) in [5.41, 5.74) is 5.27. The Bertz CT molecular complexity index is 146. The van der Waals surface area contributed by atoms with Crippen LogP contribution in [0.5, 0.6) is 0 Å². The van der Waals surface area contributed by atoms with Crippen molar-refractivity contribution in [2.24, 2.45) is 11.7 Å². The van der Waals surface area contributed by atoms with E-state index in [9.17, 15) is 0 Å². The average molecular weight is 203 g/mol. The molecular weight excluding hydrogens is 178 g/mol. The Balaban J connectivity index is 3.53. The maximum absolute atomic E-state index is 8.92. The van der Waals surface area contributed by atoms with Gasteiger partial charge in [0.05, 0.1) is 12.7 Å². The number of aliphatic hydroxyl groups is 1. The van der Waals surface area contributed by atoms with E-state index in [0.717, 1.165) is 6.42 Å². The van der Waals surface area contributed by atoms with E-state index < -0.39 is 5.54 Å². The second kappa shape index (κ2) is 6.38. The van der Waals surface area contributed by atoms with Crippen LogP contribution in [0.1, 0.15) is 40.5 Å². The van der Waals surface area contributed by atoms with E-state index in [1.54, 1.807) is 0 Å². The highest BCUT2D eigenvalue weighted by Crippen LogP contribution is 2.10. The van der Waals surface area contributed by atoms with Crippen LogP contribution in [0.15, 0.2) is 0 Å². The predicted octanol–water partition coefficient (Wildman–Crippen LogP) is 1.54. The molecule has 0 aromatic carbocycles. The molecule has 0 aliphatic carbocycles. The van der Waals surface area contributed by atoms with Crippen molar-refractivity contribution in [3.63, 3.8) is 0 Å². The highest BCUT2D eigenvalue weighted by Gasteiger charge is 2.17. The first kappa shape index (κ1) is 13.9. The zero-order valence-electron chi connectivity index (χ0n) is 9.92. The number of rotatable bonds is 7. The summed E-state index contributed by atoms with van der Waals surface area (Å²) in [6.45, 7) is 8.91. The molecule has 0 amide bonds. The lowest BCUT2D eigenvalue weighted by Crippen LogP contribution is -2.41. The minimum Gasteiger partial charge on any atom is -0.394 e. The van der Waals surface area contributed by atoms with E-state index in [4.69, 9.17) is 15.6 Å². The summed E-state index contributed by atoms with van der Waals surface area (Å²) in [7, 11) is 0. The van der Waals surface area contributed by atoms with E-state index in [1.165, 1.54) is 0 Å². The van der Waals surface area contributed by atoms with Crippen LogP contribution in [0.25, 0.3) is 0 Å². The number of nitrogens with two attached hydrogens (primary N) is 1. The van der Waals surface area contributed by atoms with Gasteiger partial charge in [-0.15, -0.1) is 0 Å². The van der Waals surface area contributed by atoms with Gasteiger partial charge in [-0.1, -0.05) is 13.8 Å². The minimum atomic E-state index is -0.502. The molecule has 2 atom stereocenters. The van der Waals surface area contributed by atoms with Gasteiger partial charge < -0.3 is 15.6 Å². The van der Waals surface area contributed by atoms with Crippen molar-refractivity contribution in [2.75, 3.05) is 13.2 Å². The van der Waals surface area contributed by atoms with Crippen LogP contribution >= 0.6 is 0 Å². The van der Waals surface area contributed by atoms with Crippen LogP contribution < -0.4 is 5.73 Å². The van der Waals surface area contributed by atoms with Gasteiger partial charge >= 0.3 is 0 Å². The molecule has 2 unspecified atom stereocenters. The Morgan fingerprint density at radius 3 is 2.36 bits per heavy atom. The van der Waals surface area contributed by atoms with Gasteiger partial charge in [0.25, 0.3) is 0 Å². The van der Waals surface area contributed by atoms with Gasteiger partial charge in [-0.2, -0.15) is 0 Å². The topological polar surface area (TPSA) is 55.5 Å². The zero-order valence-corrected chi connectivity index (χ0v) is 9.92. The molecular formula is C11H25NO2. The van der Waals surface area contributed by atoms with Crippen molar-refractivity contribution in [1.82, 2.24) is 0 Å². The van der Waals surface area contributed by atoms with E-state index in [1.807, 2.05) is 6.92 Å². The van der Waals surface area contributed by atoms with Crippen LogP contribution in [0.3, 0.4) is 0 Å². The molecule has 0 spiro atoms. The molecule has 14 heavy (non-hydrogen) atoms. The molecule has 3 nitrogen and oxygen atoms in total. The van der Waals surface area contributed by atoms with Gasteiger partial charge in [-0.05, 0) is 32.6 Å². The molecule has 0 heterocycles. The fourth-order valence-corrected chi connectivity index (χ4v) is 1.30. The normalized spacial score (nSPS) is 18.2. The van der Waals surface area contributed by atoms with Crippen LogP contribution in [0.4, 0.5) is 0 Å². The van der Waals surface area contributed by atoms with E-state index in [2.05, 4.69) is 20.8 Å². The molecule has 3 N–H and O–H groups in total. The maximum atomic E-state index is 8.92. The van der Waals surface area contributed by atoms with Gasteiger partial charge in [-0.3, -0.25) is 0 Å². The van der Waals surface area contributed by atoms with Gasteiger partial charge in [0.1, 0.15) is 0 Å². The van der Waals surface area contributed by atoms with Crippen molar-refractivity contribution < 1.29 is 9.84 Å². The highest BCUT2D eigenvalue weighted by atomic mass is 16.5. The molecule has 0 saturated heterocycles. The number of aliphatic hydroxyl groups excluding tert-OH is 1. The lowest BCUT2D eigenvalue weighted by molar-refractivity contribution is 0.0359. The second-order valence-corrected chi connectivity index (χ2v) is 4.87. The second-order valence-electron chi connectivity index (χ2n) is 4.87. The van der Waals surface area contributed by atoms with Crippen molar-refractivity contribution in [1.29, 1.82) is 0 Å². The Morgan fingerprint density at radius 1 is 1.36 bits per heavy atom. The summed E-state index contributed by atoms with van der Waals surface area (Å²) < 4.78 is 5.60. The number of hydrogen-bond acceptors (Lipinski definition) is 3. The van der Waals surface area contributed by atoms with E-state index in [-0.39, 0.29) is 12.7 Å². The summed E-state index contributed by atoms with van der Waals surface area (Å²) in [5.74, 6) is 0.659. The van der Waals surface area contributed by atoms with Crippen molar-refractivity contribution in [3.8, 4) is 0 Å². The third-order valence-electron chi connectivity index (χ3n) is 2.24. The first-order chi connectivity index (χ1) is 6.37. The molecule has 0 aromatic heterocycles. The first-order valence-corrected chi connectivity index (χ1v) is 5.38. The largest absolute Gasteiger partial charge is 0.394 e. The SMILES string of the molecule is CC(C)CC(C)OCCC(C)(N)CO. The summed E-state index contributed by atoms with van der Waals surface area (Å²) in [6.07, 6.45) is 2.05. The summed E-state index contributed by atoms with van der Waals surface area (Å²) in [4.78, 5) is 0. The summed E-state index contributed by atoms with van der Waals surface area (Å²) in [5, 5.41) is 8.92. The van der Waals surface area contributed by atoms with Crippen LogP contribution in [0.2, 0.25) is 0 Å². The fraction of sp³-hybridized carbons (Fsp3) is 1.00. The number of hydrogen-bond donors (Lipinski definition) is 2. The maximum Gasteiger partial charge on any atom is 0.0609 e. The fourth-order valence-electron chi connectivity index (χ4n) is 1.30. The Kier molecular flexibility index (Phi) is 6.33. The van der Waals surface area contributed by atoms with Crippen LogP contribution in [-0.4, -0.2) is 30.0 Å². The molecule has 0 aliphatic rings. The lowest BCUT2D eigenvalue weighted by atomic mass is 10.0. The Hall–Kier alpha value is -0.120. The number of ether oxygens (including phenoxy) is 1. The molecule has 0 rings (SSSR count). The zero-order chi connectivity index (χ0) is 11.2. The summed E-state index contributed by atoms with van der Waals surface area (Å²) in [6, 6.07) is 0. The first-order valence-electron chi connectivity index (χ1n) is 5.38. The van der Waals surface area contributed by atoms with Gasteiger partial charge in [0, 0.05) is 12.1 Å². The average Bonchev–Trinajstić information content (AvgIpc) is 2.02. The van der Waals surface area contributed by atoms with Crippen molar-refractivity contribution >= 4 is 0 Å². The van der Waals surface area contributed by atoms with Crippen molar-refractivity contribution in [3.05, 3.63) is 0 Å².